The van der Waals surface area contributed by atoms with E-state index in [1.165, 1.54) is 6.42 Å². The highest BCUT2D eigenvalue weighted by Crippen LogP contribution is 2.29. The first-order chi connectivity index (χ1) is 12.2. The van der Waals surface area contributed by atoms with Crippen molar-refractivity contribution in [2.45, 2.75) is 6.42 Å². The second-order valence-corrected chi connectivity index (χ2v) is 6.58. The first-order valence-electron chi connectivity index (χ1n) is 8.07. The van der Waals surface area contributed by atoms with E-state index in [9.17, 15) is 4.79 Å². The molecule has 0 bridgehead atoms. The van der Waals surface area contributed by atoms with Crippen LogP contribution in [0.4, 0.5) is 5.69 Å². The maximum Gasteiger partial charge on any atom is 0.349 e. The molecule has 1 aliphatic heterocycles. The molecule has 0 N–H and O–H groups in total. The molecule has 5 nitrogen and oxygen atoms in total. The van der Waals surface area contributed by atoms with Crippen LogP contribution in [0.5, 0.6) is 0 Å². The van der Waals surface area contributed by atoms with E-state index in [0.29, 0.717) is 27.3 Å². The average molecular weight is 353 g/mol. The summed E-state index contributed by atoms with van der Waals surface area (Å²) in [5, 5.41) is 1.40. The summed E-state index contributed by atoms with van der Waals surface area (Å²) < 4.78 is 11.2. The van der Waals surface area contributed by atoms with Crippen molar-refractivity contribution in [1.82, 2.24) is 4.98 Å². The lowest BCUT2D eigenvalue weighted by Gasteiger charge is -2.33. The molecule has 4 aromatic rings. The summed E-state index contributed by atoms with van der Waals surface area (Å²) in [7, 11) is 0. The van der Waals surface area contributed by atoms with E-state index < -0.39 is 5.63 Å². The Morgan fingerprint density at radius 3 is 2.68 bits per heavy atom. The highest BCUT2D eigenvalue weighted by molar-refractivity contribution is 6.31. The number of aromatic nitrogens is 1. The van der Waals surface area contributed by atoms with Gasteiger partial charge < -0.3 is 13.7 Å². The predicted octanol–water partition coefficient (Wildman–Crippen LogP) is 4.46. The van der Waals surface area contributed by atoms with Gasteiger partial charge in [-0.15, -0.1) is 0 Å². The summed E-state index contributed by atoms with van der Waals surface area (Å²) in [6.45, 7) is 2.08. The monoisotopic (exact) mass is 352 g/mol. The van der Waals surface area contributed by atoms with Gasteiger partial charge in [0.25, 0.3) is 0 Å². The van der Waals surface area contributed by atoms with Gasteiger partial charge in [-0.3, -0.25) is 0 Å². The van der Waals surface area contributed by atoms with Gasteiger partial charge in [0.05, 0.1) is 0 Å². The Balaban J connectivity index is 1.64. The van der Waals surface area contributed by atoms with E-state index in [2.05, 4.69) is 9.88 Å². The molecule has 0 amide bonds. The molecule has 0 unspecified atom stereocenters. The van der Waals surface area contributed by atoms with E-state index in [-0.39, 0.29) is 5.89 Å². The molecule has 5 rings (SSSR count). The standard InChI is InChI=1S/C19H13ClN2O3/c20-12-3-5-16-15(9-12)21-18(24-16)14-8-11-2-4-13(22-6-1-7-22)10-17(11)25-19(14)23/h2-5,8-10H,1,6-7H2. The number of fused-ring (bicyclic) bond motifs is 2. The van der Waals surface area contributed by atoms with Gasteiger partial charge in [0.15, 0.2) is 5.58 Å². The molecule has 3 heterocycles. The Hall–Kier alpha value is -2.79. The summed E-state index contributed by atoms with van der Waals surface area (Å²) in [5.41, 5.74) is 2.66. The number of oxazole rings is 1. The summed E-state index contributed by atoms with van der Waals surface area (Å²) in [6, 6.07) is 12.8. The van der Waals surface area contributed by atoms with Gasteiger partial charge >= 0.3 is 5.63 Å². The third-order valence-electron chi connectivity index (χ3n) is 4.52. The summed E-state index contributed by atoms with van der Waals surface area (Å²) in [5.74, 6) is 0.236. The van der Waals surface area contributed by atoms with Crippen LogP contribution in [0.25, 0.3) is 33.5 Å². The van der Waals surface area contributed by atoms with Crippen LogP contribution in [0.2, 0.25) is 5.02 Å². The molecule has 6 heteroatoms. The van der Waals surface area contributed by atoms with E-state index in [1.807, 2.05) is 18.2 Å². The Kier molecular flexibility index (Phi) is 3.12. The second kappa shape index (κ2) is 5.36. The first kappa shape index (κ1) is 14.5. The van der Waals surface area contributed by atoms with Gasteiger partial charge in [-0.1, -0.05) is 11.6 Å². The lowest BCUT2D eigenvalue weighted by Crippen LogP contribution is -2.36. The van der Waals surface area contributed by atoms with Crippen LogP contribution in [0, 0.1) is 0 Å². The van der Waals surface area contributed by atoms with Crippen molar-refractivity contribution < 1.29 is 8.83 Å². The molecule has 0 spiro atoms. The van der Waals surface area contributed by atoms with Gasteiger partial charge in [0.2, 0.25) is 5.89 Å². The minimum absolute atomic E-state index is 0.236. The van der Waals surface area contributed by atoms with Gasteiger partial charge in [-0.05, 0) is 42.8 Å². The zero-order valence-electron chi connectivity index (χ0n) is 13.2. The van der Waals surface area contributed by atoms with Crippen LogP contribution in [0.1, 0.15) is 6.42 Å². The highest BCUT2D eigenvalue weighted by atomic mass is 35.5. The topological polar surface area (TPSA) is 59.5 Å². The van der Waals surface area contributed by atoms with Crippen LogP contribution in [-0.2, 0) is 0 Å². The second-order valence-electron chi connectivity index (χ2n) is 6.14. The molecule has 0 saturated carbocycles. The van der Waals surface area contributed by atoms with E-state index in [4.69, 9.17) is 20.4 Å². The molecule has 25 heavy (non-hydrogen) atoms. The molecule has 1 saturated heterocycles. The van der Waals surface area contributed by atoms with Crippen molar-refractivity contribution in [3.05, 3.63) is 57.9 Å². The Morgan fingerprint density at radius 1 is 1.00 bits per heavy atom. The van der Waals surface area contributed by atoms with Crippen molar-refractivity contribution in [3.63, 3.8) is 0 Å². The van der Waals surface area contributed by atoms with E-state index in [1.54, 1.807) is 24.3 Å². The van der Waals surface area contributed by atoms with Crippen molar-refractivity contribution in [3.8, 4) is 11.5 Å². The zero-order valence-corrected chi connectivity index (χ0v) is 13.9. The molecule has 0 aliphatic carbocycles. The largest absolute Gasteiger partial charge is 0.436 e. The summed E-state index contributed by atoms with van der Waals surface area (Å²) in [6.07, 6.45) is 1.20. The van der Waals surface area contributed by atoms with Gasteiger partial charge in [-0.25, -0.2) is 9.78 Å². The third kappa shape index (κ3) is 2.39. The van der Waals surface area contributed by atoms with E-state index >= 15 is 0 Å². The number of rotatable bonds is 2. The van der Waals surface area contributed by atoms with Gasteiger partial charge in [0.1, 0.15) is 16.7 Å². The minimum Gasteiger partial charge on any atom is -0.436 e. The smallest absolute Gasteiger partial charge is 0.349 e. The number of anilines is 1. The van der Waals surface area contributed by atoms with E-state index in [0.717, 1.165) is 24.2 Å². The van der Waals surface area contributed by atoms with Crippen molar-refractivity contribution in [2.75, 3.05) is 18.0 Å². The summed E-state index contributed by atoms with van der Waals surface area (Å²) >= 11 is 5.97. The number of hydrogen-bond acceptors (Lipinski definition) is 5. The fourth-order valence-electron chi connectivity index (χ4n) is 3.04. The van der Waals surface area contributed by atoms with Crippen LogP contribution in [-0.4, -0.2) is 18.1 Å². The predicted molar refractivity (Wildman–Crippen MR) is 97.3 cm³/mol. The number of halogens is 1. The molecule has 2 aromatic carbocycles. The van der Waals surface area contributed by atoms with Crippen molar-refractivity contribution in [1.29, 1.82) is 0 Å². The number of benzene rings is 2. The normalized spacial score (nSPS) is 14.2. The molecule has 0 radical (unpaired) electrons. The molecule has 1 aliphatic rings. The maximum atomic E-state index is 12.4. The highest BCUT2D eigenvalue weighted by Gasteiger charge is 2.17. The molecular formula is C19H13ClN2O3. The minimum atomic E-state index is -0.467. The Morgan fingerprint density at radius 2 is 1.88 bits per heavy atom. The Labute approximate surface area is 147 Å². The number of hydrogen-bond donors (Lipinski definition) is 0. The SMILES string of the molecule is O=c1oc2cc(N3CCC3)ccc2cc1-c1nc2cc(Cl)ccc2o1. The lowest BCUT2D eigenvalue weighted by molar-refractivity contribution is 0.552. The first-order valence-corrected chi connectivity index (χ1v) is 8.44. The van der Waals surface area contributed by atoms with Gasteiger partial charge in [-0.2, -0.15) is 0 Å². The summed E-state index contributed by atoms with van der Waals surface area (Å²) in [4.78, 5) is 19.0. The van der Waals surface area contributed by atoms with Crippen LogP contribution in [0.3, 0.4) is 0 Å². The van der Waals surface area contributed by atoms with Crippen LogP contribution >= 0.6 is 11.6 Å². The average Bonchev–Trinajstić information content (AvgIpc) is 2.95. The van der Waals surface area contributed by atoms with Crippen LogP contribution in [0.15, 0.2) is 56.1 Å². The molecule has 124 valence electrons. The van der Waals surface area contributed by atoms with Gasteiger partial charge in [0, 0.05) is 35.3 Å². The molecule has 2 aromatic heterocycles. The number of nitrogens with zero attached hydrogens (tertiary/aromatic N) is 2. The molecule has 1 fully saturated rings. The third-order valence-corrected chi connectivity index (χ3v) is 4.76. The fourth-order valence-corrected chi connectivity index (χ4v) is 3.20. The van der Waals surface area contributed by atoms with Crippen molar-refractivity contribution >= 4 is 39.4 Å². The maximum absolute atomic E-state index is 12.4. The molecule has 0 atom stereocenters. The Bertz CT molecular complexity index is 1170. The quantitative estimate of drug-likeness (QED) is 0.498. The molecular weight excluding hydrogens is 340 g/mol. The van der Waals surface area contributed by atoms with Crippen LogP contribution < -0.4 is 10.5 Å². The zero-order chi connectivity index (χ0) is 17.0. The van der Waals surface area contributed by atoms with Crippen molar-refractivity contribution in [2.24, 2.45) is 0 Å². The lowest BCUT2D eigenvalue weighted by atomic mass is 10.1. The fraction of sp³-hybridized carbons (Fsp3) is 0.158.